The molecule has 0 radical (unpaired) electrons. The summed E-state index contributed by atoms with van der Waals surface area (Å²) in [7, 11) is 0. The highest BCUT2D eigenvalue weighted by molar-refractivity contribution is 5.73. The minimum Gasteiger partial charge on any atom is -0.475 e. The number of carboxylic acid groups (broad SMARTS) is 1. The number of carboxylic acids is 1. The number of carbonyl (C=O) groups is 1. The van der Waals surface area contributed by atoms with Gasteiger partial charge in [-0.25, -0.2) is 14.8 Å². The first kappa shape index (κ1) is 18.1. The average molecular weight is 320 g/mol. The van der Waals surface area contributed by atoms with Gasteiger partial charge in [-0.2, -0.15) is 13.2 Å². The Hall–Kier alpha value is -1.90. The number of aliphatic carboxylic acids is 1. The van der Waals surface area contributed by atoms with Crippen molar-refractivity contribution in [2.24, 2.45) is 5.73 Å². The standard InChI is InChI=1S/C11H18N4.C2HF3O2/c1-9-5-6-13-11(14-9)15-7-3-2-4-10(15)8-12;3-2(4,5)1(6)7/h5-6,10H,2-4,7-8,12H2,1H3;(H,6,7)/t10-;/m0./s1. The van der Waals surface area contributed by atoms with Gasteiger partial charge in [0.2, 0.25) is 5.95 Å². The first-order valence-corrected chi connectivity index (χ1v) is 6.82. The van der Waals surface area contributed by atoms with Crippen LogP contribution in [0.25, 0.3) is 0 Å². The van der Waals surface area contributed by atoms with E-state index in [-0.39, 0.29) is 0 Å². The number of alkyl halides is 3. The zero-order valence-electron chi connectivity index (χ0n) is 12.2. The van der Waals surface area contributed by atoms with Crippen LogP contribution in [0.4, 0.5) is 19.1 Å². The highest BCUT2D eigenvalue weighted by atomic mass is 19.4. The average Bonchev–Trinajstić information content (AvgIpc) is 2.47. The summed E-state index contributed by atoms with van der Waals surface area (Å²) >= 11 is 0. The Morgan fingerprint density at radius 1 is 1.50 bits per heavy atom. The number of halogens is 3. The Morgan fingerprint density at radius 3 is 2.64 bits per heavy atom. The van der Waals surface area contributed by atoms with E-state index in [1.54, 1.807) is 0 Å². The van der Waals surface area contributed by atoms with Gasteiger partial charge in [-0.1, -0.05) is 0 Å². The Morgan fingerprint density at radius 2 is 2.14 bits per heavy atom. The fourth-order valence-corrected chi connectivity index (χ4v) is 2.08. The molecule has 22 heavy (non-hydrogen) atoms. The van der Waals surface area contributed by atoms with Gasteiger partial charge in [0, 0.05) is 31.0 Å². The summed E-state index contributed by atoms with van der Waals surface area (Å²) in [6.45, 7) is 3.72. The molecule has 0 amide bonds. The van der Waals surface area contributed by atoms with E-state index >= 15 is 0 Å². The van der Waals surface area contributed by atoms with E-state index in [9.17, 15) is 13.2 Å². The van der Waals surface area contributed by atoms with Crippen molar-refractivity contribution in [3.63, 3.8) is 0 Å². The van der Waals surface area contributed by atoms with Gasteiger partial charge in [-0.05, 0) is 32.3 Å². The molecule has 0 aromatic carbocycles. The Balaban J connectivity index is 0.000000295. The lowest BCUT2D eigenvalue weighted by Crippen LogP contribution is -2.45. The minimum atomic E-state index is -5.08. The minimum absolute atomic E-state index is 0.417. The van der Waals surface area contributed by atoms with Gasteiger partial charge in [-0.3, -0.25) is 0 Å². The third kappa shape index (κ3) is 5.47. The second-order valence-corrected chi connectivity index (χ2v) is 4.88. The van der Waals surface area contributed by atoms with Gasteiger partial charge in [0.25, 0.3) is 0 Å². The molecule has 1 atom stereocenters. The van der Waals surface area contributed by atoms with Crippen LogP contribution in [-0.4, -0.2) is 46.4 Å². The van der Waals surface area contributed by atoms with E-state index in [4.69, 9.17) is 15.6 Å². The molecule has 1 aromatic rings. The molecule has 0 aliphatic carbocycles. The molecule has 124 valence electrons. The third-order valence-electron chi connectivity index (χ3n) is 3.18. The van der Waals surface area contributed by atoms with E-state index < -0.39 is 12.1 Å². The van der Waals surface area contributed by atoms with Crippen molar-refractivity contribution in [2.75, 3.05) is 18.0 Å². The first-order valence-electron chi connectivity index (χ1n) is 6.82. The molecule has 2 rings (SSSR count). The van der Waals surface area contributed by atoms with Crippen LogP contribution in [0.3, 0.4) is 0 Å². The van der Waals surface area contributed by atoms with Gasteiger partial charge in [-0.15, -0.1) is 0 Å². The van der Waals surface area contributed by atoms with Crippen molar-refractivity contribution >= 4 is 11.9 Å². The molecule has 2 heterocycles. The fraction of sp³-hybridized carbons (Fsp3) is 0.615. The zero-order chi connectivity index (χ0) is 16.8. The zero-order valence-corrected chi connectivity index (χ0v) is 12.2. The van der Waals surface area contributed by atoms with Gasteiger partial charge < -0.3 is 15.7 Å². The lowest BCUT2D eigenvalue weighted by Gasteiger charge is -2.35. The molecule has 6 nitrogen and oxygen atoms in total. The number of nitrogens with zero attached hydrogens (tertiary/aromatic N) is 3. The van der Waals surface area contributed by atoms with Gasteiger partial charge >= 0.3 is 12.1 Å². The fourth-order valence-electron chi connectivity index (χ4n) is 2.08. The predicted octanol–water partition coefficient (Wildman–Crippen LogP) is 1.74. The van der Waals surface area contributed by atoms with Crippen LogP contribution in [0.2, 0.25) is 0 Å². The topological polar surface area (TPSA) is 92.3 Å². The molecule has 0 bridgehead atoms. The molecule has 9 heteroatoms. The van der Waals surface area contributed by atoms with Crippen molar-refractivity contribution < 1.29 is 23.1 Å². The Labute approximate surface area is 126 Å². The summed E-state index contributed by atoms with van der Waals surface area (Å²) in [5.74, 6) is -1.92. The second kappa shape index (κ2) is 7.92. The smallest absolute Gasteiger partial charge is 0.475 e. The SMILES string of the molecule is Cc1ccnc(N2CCCC[C@H]2CN)n1.O=C(O)C(F)(F)F. The van der Waals surface area contributed by atoms with Gasteiger partial charge in [0.1, 0.15) is 0 Å². The van der Waals surface area contributed by atoms with E-state index in [2.05, 4.69) is 14.9 Å². The first-order chi connectivity index (χ1) is 10.3. The second-order valence-electron chi connectivity index (χ2n) is 4.88. The summed E-state index contributed by atoms with van der Waals surface area (Å²) < 4.78 is 31.7. The molecule has 0 spiro atoms. The number of aryl methyl sites for hydroxylation is 1. The molecule has 1 saturated heterocycles. The number of hydrogen-bond acceptors (Lipinski definition) is 5. The molecule has 0 unspecified atom stereocenters. The molecule has 1 aromatic heterocycles. The summed E-state index contributed by atoms with van der Waals surface area (Å²) in [4.78, 5) is 19.9. The number of nitrogens with two attached hydrogens (primary N) is 1. The van der Waals surface area contributed by atoms with E-state index in [0.29, 0.717) is 12.6 Å². The van der Waals surface area contributed by atoms with Crippen molar-refractivity contribution in [3.8, 4) is 0 Å². The summed E-state index contributed by atoms with van der Waals surface area (Å²) in [6, 6.07) is 2.34. The van der Waals surface area contributed by atoms with Crippen LogP contribution in [0.1, 0.15) is 25.0 Å². The molecule has 1 aliphatic heterocycles. The molecular weight excluding hydrogens is 301 g/mol. The number of piperidine rings is 1. The summed E-state index contributed by atoms with van der Waals surface area (Å²) in [6.07, 6.45) is 0.381. The van der Waals surface area contributed by atoms with E-state index in [1.807, 2.05) is 19.2 Å². The van der Waals surface area contributed by atoms with Crippen LogP contribution < -0.4 is 10.6 Å². The highest BCUT2D eigenvalue weighted by Crippen LogP contribution is 2.20. The van der Waals surface area contributed by atoms with Crippen LogP contribution in [0.15, 0.2) is 12.3 Å². The van der Waals surface area contributed by atoms with Crippen molar-refractivity contribution in [3.05, 3.63) is 18.0 Å². The van der Waals surface area contributed by atoms with Crippen LogP contribution in [-0.2, 0) is 4.79 Å². The Bertz CT molecular complexity index is 496. The van der Waals surface area contributed by atoms with Crippen molar-refractivity contribution in [1.82, 2.24) is 9.97 Å². The monoisotopic (exact) mass is 320 g/mol. The number of anilines is 1. The quantitative estimate of drug-likeness (QED) is 0.862. The van der Waals surface area contributed by atoms with Crippen molar-refractivity contribution in [2.45, 2.75) is 38.4 Å². The lowest BCUT2D eigenvalue weighted by atomic mass is 10.0. The molecule has 3 N–H and O–H groups in total. The van der Waals surface area contributed by atoms with Gasteiger partial charge in [0.15, 0.2) is 0 Å². The van der Waals surface area contributed by atoms with Crippen molar-refractivity contribution in [1.29, 1.82) is 0 Å². The highest BCUT2D eigenvalue weighted by Gasteiger charge is 2.38. The largest absolute Gasteiger partial charge is 0.490 e. The van der Waals surface area contributed by atoms with Crippen LogP contribution in [0.5, 0.6) is 0 Å². The summed E-state index contributed by atoms with van der Waals surface area (Å²) in [5, 5.41) is 7.12. The van der Waals surface area contributed by atoms with E-state index in [1.165, 1.54) is 12.8 Å². The molecule has 1 aliphatic rings. The number of aromatic nitrogens is 2. The number of rotatable bonds is 2. The lowest BCUT2D eigenvalue weighted by molar-refractivity contribution is -0.192. The van der Waals surface area contributed by atoms with Gasteiger partial charge in [0.05, 0.1) is 0 Å². The molecular formula is C13H19F3N4O2. The normalized spacial score (nSPS) is 18.4. The maximum Gasteiger partial charge on any atom is 0.490 e. The summed E-state index contributed by atoms with van der Waals surface area (Å²) in [5.41, 5.74) is 6.79. The Kier molecular flexibility index (Phi) is 6.54. The van der Waals surface area contributed by atoms with E-state index in [0.717, 1.165) is 24.6 Å². The predicted molar refractivity (Wildman–Crippen MR) is 74.5 cm³/mol. The molecule has 0 saturated carbocycles. The maximum absolute atomic E-state index is 10.6. The number of hydrogen-bond donors (Lipinski definition) is 2. The maximum atomic E-state index is 10.6. The third-order valence-corrected chi connectivity index (χ3v) is 3.18. The van der Waals surface area contributed by atoms with Crippen LogP contribution >= 0.6 is 0 Å². The van der Waals surface area contributed by atoms with Crippen LogP contribution in [0, 0.1) is 6.92 Å². The molecule has 1 fully saturated rings.